The summed E-state index contributed by atoms with van der Waals surface area (Å²) in [6, 6.07) is 3.87. The number of rotatable bonds is 8. The Morgan fingerprint density at radius 2 is 1.94 bits per heavy atom. The molecule has 0 aliphatic rings. The van der Waals surface area contributed by atoms with Crippen LogP contribution >= 0.6 is 0 Å². The smallest absolute Gasteiger partial charge is 0.146 e. The molecule has 0 aliphatic heterocycles. The fourth-order valence-corrected chi connectivity index (χ4v) is 1.70. The van der Waals surface area contributed by atoms with E-state index >= 15 is 0 Å². The number of nitrogen functional groups attached to an aromatic ring is 1. The minimum Gasteiger partial charge on any atom is -0.382 e. The summed E-state index contributed by atoms with van der Waals surface area (Å²) in [5, 5.41) is 3.32. The van der Waals surface area contributed by atoms with Crippen LogP contribution in [0.4, 0.5) is 11.5 Å². The Labute approximate surface area is 98.5 Å². The third-order valence-corrected chi connectivity index (χ3v) is 2.68. The fourth-order valence-electron chi connectivity index (χ4n) is 1.70. The molecule has 0 aliphatic carbocycles. The molecule has 1 heterocycles. The molecular formula is C13H23N3. The molecule has 0 saturated carbocycles. The van der Waals surface area contributed by atoms with Gasteiger partial charge < -0.3 is 11.1 Å². The maximum absolute atomic E-state index is 5.73. The number of anilines is 2. The Hall–Kier alpha value is -1.25. The van der Waals surface area contributed by atoms with E-state index in [0.29, 0.717) is 5.82 Å². The lowest BCUT2D eigenvalue weighted by atomic mass is 10.1. The summed E-state index contributed by atoms with van der Waals surface area (Å²) in [5.41, 5.74) is 6.68. The van der Waals surface area contributed by atoms with Gasteiger partial charge >= 0.3 is 0 Å². The van der Waals surface area contributed by atoms with Crippen molar-refractivity contribution in [1.82, 2.24) is 4.98 Å². The van der Waals surface area contributed by atoms with Gasteiger partial charge in [-0.3, -0.25) is 0 Å². The zero-order chi connectivity index (χ0) is 11.6. The first-order chi connectivity index (χ1) is 7.84. The fraction of sp³-hybridized carbons (Fsp3) is 0.615. The van der Waals surface area contributed by atoms with Crippen molar-refractivity contribution in [2.75, 3.05) is 17.6 Å². The van der Waals surface area contributed by atoms with Crippen LogP contribution in [-0.2, 0) is 0 Å². The number of hydrogen-bond acceptors (Lipinski definition) is 3. The van der Waals surface area contributed by atoms with Crippen molar-refractivity contribution < 1.29 is 0 Å². The zero-order valence-electron chi connectivity index (χ0n) is 10.2. The lowest BCUT2D eigenvalue weighted by Gasteiger charge is -2.07. The number of pyridine rings is 1. The van der Waals surface area contributed by atoms with E-state index in [9.17, 15) is 0 Å². The predicted octanol–water partition coefficient (Wildman–Crippen LogP) is 3.44. The highest BCUT2D eigenvalue weighted by molar-refractivity contribution is 5.60. The predicted molar refractivity (Wildman–Crippen MR) is 70.5 cm³/mol. The summed E-state index contributed by atoms with van der Waals surface area (Å²) in [4.78, 5) is 4.03. The highest BCUT2D eigenvalue weighted by Gasteiger charge is 1.96. The molecule has 1 aromatic heterocycles. The van der Waals surface area contributed by atoms with Crippen LogP contribution in [-0.4, -0.2) is 11.5 Å². The van der Waals surface area contributed by atoms with Gasteiger partial charge in [0.25, 0.3) is 0 Å². The Kier molecular flexibility index (Phi) is 6.38. The van der Waals surface area contributed by atoms with Crippen LogP contribution < -0.4 is 11.1 Å². The number of aromatic nitrogens is 1. The van der Waals surface area contributed by atoms with Gasteiger partial charge in [-0.2, -0.15) is 0 Å². The average Bonchev–Trinajstić information content (AvgIpc) is 2.30. The highest BCUT2D eigenvalue weighted by atomic mass is 14.9. The Morgan fingerprint density at radius 1 is 1.19 bits per heavy atom. The Balaban J connectivity index is 2.05. The quantitative estimate of drug-likeness (QED) is 0.661. The number of nitrogens with two attached hydrogens (primary N) is 1. The molecule has 0 amide bonds. The number of nitrogens with one attached hydrogen (secondary N) is 1. The molecular weight excluding hydrogens is 198 g/mol. The largest absolute Gasteiger partial charge is 0.382 e. The topological polar surface area (TPSA) is 50.9 Å². The summed E-state index contributed by atoms with van der Waals surface area (Å²) < 4.78 is 0. The number of nitrogens with zero attached hydrogens (tertiary/aromatic N) is 1. The lowest BCUT2D eigenvalue weighted by molar-refractivity contribution is 0.617. The minimum atomic E-state index is 0.591. The molecule has 0 saturated heterocycles. The third kappa shape index (κ3) is 5.01. The first-order valence-corrected chi connectivity index (χ1v) is 6.29. The van der Waals surface area contributed by atoms with Gasteiger partial charge in [-0.05, 0) is 18.6 Å². The Bertz CT molecular complexity index is 286. The van der Waals surface area contributed by atoms with Gasteiger partial charge in [0.15, 0.2) is 0 Å². The zero-order valence-corrected chi connectivity index (χ0v) is 10.2. The van der Waals surface area contributed by atoms with E-state index in [1.807, 2.05) is 12.1 Å². The van der Waals surface area contributed by atoms with Gasteiger partial charge in [0.1, 0.15) is 5.82 Å². The SMILES string of the molecule is CCCCCCCCNc1cccnc1N. The lowest BCUT2D eigenvalue weighted by Crippen LogP contribution is -2.05. The second kappa shape index (κ2) is 7.97. The highest BCUT2D eigenvalue weighted by Crippen LogP contribution is 2.13. The molecule has 0 unspecified atom stereocenters. The van der Waals surface area contributed by atoms with Crippen molar-refractivity contribution in [3.63, 3.8) is 0 Å². The van der Waals surface area contributed by atoms with Crippen molar-refractivity contribution in [3.05, 3.63) is 18.3 Å². The standard InChI is InChI=1S/C13H23N3/c1-2-3-4-5-6-7-10-15-12-9-8-11-16-13(12)14/h8-9,11,15H,2-7,10H2,1H3,(H2,14,16). The average molecular weight is 221 g/mol. The van der Waals surface area contributed by atoms with Crippen LogP contribution in [0.1, 0.15) is 45.4 Å². The van der Waals surface area contributed by atoms with E-state index < -0.39 is 0 Å². The number of hydrogen-bond donors (Lipinski definition) is 2. The monoisotopic (exact) mass is 221 g/mol. The summed E-state index contributed by atoms with van der Waals surface area (Å²) in [7, 11) is 0. The van der Waals surface area contributed by atoms with Crippen LogP contribution in [0, 0.1) is 0 Å². The van der Waals surface area contributed by atoms with Gasteiger partial charge in [-0.15, -0.1) is 0 Å². The van der Waals surface area contributed by atoms with Gasteiger partial charge in [0, 0.05) is 12.7 Å². The van der Waals surface area contributed by atoms with Crippen molar-refractivity contribution in [3.8, 4) is 0 Å². The van der Waals surface area contributed by atoms with Crippen LogP contribution in [0.15, 0.2) is 18.3 Å². The summed E-state index contributed by atoms with van der Waals surface area (Å²) in [6.45, 7) is 3.23. The van der Waals surface area contributed by atoms with E-state index in [4.69, 9.17) is 5.73 Å². The summed E-state index contributed by atoms with van der Waals surface area (Å²) in [5.74, 6) is 0.591. The molecule has 3 N–H and O–H groups in total. The normalized spacial score (nSPS) is 10.3. The maximum Gasteiger partial charge on any atom is 0.146 e. The van der Waals surface area contributed by atoms with Crippen LogP contribution in [0.2, 0.25) is 0 Å². The molecule has 1 rings (SSSR count). The van der Waals surface area contributed by atoms with Gasteiger partial charge in [-0.1, -0.05) is 39.0 Å². The molecule has 0 radical (unpaired) electrons. The first kappa shape index (κ1) is 12.8. The van der Waals surface area contributed by atoms with Crippen molar-refractivity contribution >= 4 is 11.5 Å². The van der Waals surface area contributed by atoms with Crippen LogP contribution in [0.5, 0.6) is 0 Å². The number of unbranched alkanes of at least 4 members (excludes halogenated alkanes) is 5. The third-order valence-electron chi connectivity index (χ3n) is 2.68. The molecule has 1 aromatic rings. The second-order valence-corrected chi connectivity index (χ2v) is 4.13. The molecule has 90 valence electrons. The van der Waals surface area contributed by atoms with E-state index in [0.717, 1.165) is 12.2 Å². The molecule has 0 aromatic carbocycles. The summed E-state index contributed by atoms with van der Waals surface area (Å²) in [6.07, 6.45) is 9.60. The van der Waals surface area contributed by atoms with E-state index in [-0.39, 0.29) is 0 Å². The van der Waals surface area contributed by atoms with Crippen LogP contribution in [0.25, 0.3) is 0 Å². The van der Waals surface area contributed by atoms with Gasteiger partial charge in [-0.25, -0.2) is 4.98 Å². The minimum absolute atomic E-state index is 0.591. The molecule has 3 nitrogen and oxygen atoms in total. The molecule has 0 bridgehead atoms. The van der Waals surface area contributed by atoms with E-state index in [1.54, 1.807) is 6.20 Å². The molecule has 0 atom stereocenters. The molecule has 16 heavy (non-hydrogen) atoms. The maximum atomic E-state index is 5.73. The van der Waals surface area contributed by atoms with E-state index in [1.165, 1.54) is 38.5 Å². The van der Waals surface area contributed by atoms with Gasteiger partial charge in [0.2, 0.25) is 0 Å². The molecule has 0 spiro atoms. The van der Waals surface area contributed by atoms with Gasteiger partial charge in [0.05, 0.1) is 5.69 Å². The summed E-state index contributed by atoms with van der Waals surface area (Å²) >= 11 is 0. The first-order valence-electron chi connectivity index (χ1n) is 6.29. The van der Waals surface area contributed by atoms with Crippen LogP contribution in [0.3, 0.4) is 0 Å². The Morgan fingerprint density at radius 3 is 2.69 bits per heavy atom. The second-order valence-electron chi connectivity index (χ2n) is 4.13. The molecule has 0 fully saturated rings. The molecule has 3 heteroatoms. The van der Waals surface area contributed by atoms with Crippen molar-refractivity contribution in [2.45, 2.75) is 45.4 Å². The van der Waals surface area contributed by atoms with E-state index in [2.05, 4.69) is 17.2 Å². The van der Waals surface area contributed by atoms with Crippen molar-refractivity contribution in [2.24, 2.45) is 0 Å². The van der Waals surface area contributed by atoms with Crippen molar-refractivity contribution in [1.29, 1.82) is 0 Å².